The van der Waals surface area contributed by atoms with E-state index in [1.54, 1.807) is 32.2 Å². The summed E-state index contributed by atoms with van der Waals surface area (Å²) in [7, 11) is -2.03. The number of aryl methyl sites for hydroxylation is 1. The molecule has 0 radical (unpaired) electrons. The van der Waals surface area contributed by atoms with Crippen LogP contribution >= 0.6 is 0 Å². The Hall–Kier alpha value is -1.89. The Bertz CT molecular complexity index is 836. The van der Waals surface area contributed by atoms with Gasteiger partial charge in [0.25, 0.3) is 0 Å². The molecule has 0 N–H and O–H groups in total. The quantitative estimate of drug-likeness (QED) is 0.839. The second-order valence-electron chi connectivity index (χ2n) is 6.30. The summed E-state index contributed by atoms with van der Waals surface area (Å²) in [5.74, 6) is 0.647. The number of nitrogens with zero attached hydrogens (tertiary/aromatic N) is 1. The molecule has 0 aliphatic carbocycles. The molecule has 0 saturated carbocycles. The predicted molar refractivity (Wildman–Crippen MR) is 96.2 cm³/mol. The van der Waals surface area contributed by atoms with Gasteiger partial charge in [-0.25, -0.2) is 8.42 Å². The van der Waals surface area contributed by atoms with E-state index in [9.17, 15) is 8.42 Å². The van der Waals surface area contributed by atoms with Crippen LogP contribution in [0.1, 0.15) is 24.2 Å². The van der Waals surface area contributed by atoms with Crippen molar-refractivity contribution < 1.29 is 17.9 Å². The van der Waals surface area contributed by atoms with Crippen molar-refractivity contribution in [3.8, 4) is 5.75 Å². The Morgan fingerprint density at radius 1 is 1.12 bits per heavy atom. The Labute approximate surface area is 149 Å². The van der Waals surface area contributed by atoms with Crippen molar-refractivity contribution in [2.24, 2.45) is 0 Å². The van der Waals surface area contributed by atoms with E-state index in [0.717, 1.165) is 5.56 Å². The van der Waals surface area contributed by atoms with Gasteiger partial charge >= 0.3 is 0 Å². The van der Waals surface area contributed by atoms with E-state index < -0.39 is 10.0 Å². The number of hydrogen-bond donors (Lipinski definition) is 0. The molecule has 2 unspecified atom stereocenters. The molecule has 5 nitrogen and oxygen atoms in total. The van der Waals surface area contributed by atoms with Crippen molar-refractivity contribution in [3.63, 3.8) is 0 Å². The van der Waals surface area contributed by atoms with Crippen LogP contribution in [0.2, 0.25) is 0 Å². The van der Waals surface area contributed by atoms with Gasteiger partial charge in [-0.05, 0) is 43.2 Å². The zero-order valence-corrected chi connectivity index (χ0v) is 15.5. The van der Waals surface area contributed by atoms with Gasteiger partial charge in [-0.3, -0.25) is 0 Å². The van der Waals surface area contributed by atoms with Crippen molar-refractivity contribution in [1.82, 2.24) is 4.31 Å². The first-order chi connectivity index (χ1) is 11.9. The molecule has 2 aromatic carbocycles. The summed E-state index contributed by atoms with van der Waals surface area (Å²) in [6.07, 6.45) is -0.439. The van der Waals surface area contributed by atoms with Gasteiger partial charge in [-0.1, -0.05) is 30.3 Å². The van der Waals surface area contributed by atoms with Gasteiger partial charge < -0.3 is 9.47 Å². The highest BCUT2D eigenvalue weighted by molar-refractivity contribution is 7.89. The lowest BCUT2D eigenvalue weighted by Crippen LogP contribution is -2.46. The normalized spacial score (nSPS) is 21.9. The summed E-state index contributed by atoms with van der Waals surface area (Å²) < 4.78 is 39.0. The lowest BCUT2D eigenvalue weighted by molar-refractivity contribution is -0.0557. The van der Waals surface area contributed by atoms with E-state index in [1.807, 2.05) is 37.3 Å². The average molecular weight is 361 g/mol. The lowest BCUT2D eigenvalue weighted by atomic mass is 10.1. The van der Waals surface area contributed by atoms with Gasteiger partial charge in [-0.2, -0.15) is 4.31 Å². The molecule has 25 heavy (non-hydrogen) atoms. The highest BCUT2D eigenvalue weighted by atomic mass is 32.2. The summed E-state index contributed by atoms with van der Waals surface area (Å²) in [5, 5.41) is 0. The molecule has 0 spiro atoms. The topological polar surface area (TPSA) is 55.8 Å². The third-order valence-corrected chi connectivity index (χ3v) is 6.39. The fourth-order valence-electron chi connectivity index (χ4n) is 3.14. The highest BCUT2D eigenvalue weighted by Crippen LogP contribution is 2.30. The predicted octanol–water partition coefficient (Wildman–Crippen LogP) is 3.15. The van der Waals surface area contributed by atoms with Crippen LogP contribution < -0.4 is 4.74 Å². The third-order valence-electron chi connectivity index (χ3n) is 4.40. The fourth-order valence-corrected chi connectivity index (χ4v) is 4.86. The molecule has 2 aromatic rings. The highest BCUT2D eigenvalue weighted by Gasteiger charge is 2.35. The van der Waals surface area contributed by atoms with Crippen molar-refractivity contribution in [2.75, 3.05) is 20.2 Å². The van der Waals surface area contributed by atoms with Gasteiger partial charge in [0.15, 0.2) is 0 Å². The van der Waals surface area contributed by atoms with Gasteiger partial charge in [0.1, 0.15) is 5.75 Å². The first kappa shape index (κ1) is 17.9. The molecule has 0 bridgehead atoms. The maximum absolute atomic E-state index is 13.2. The molecular formula is C19H23NO4S. The SMILES string of the molecule is COc1ccc(S(=O)(=O)N2CC(C)OC(c3ccccc3)C2)c(C)c1. The van der Waals surface area contributed by atoms with E-state index in [0.29, 0.717) is 29.3 Å². The number of sulfonamides is 1. The third kappa shape index (κ3) is 3.71. The summed E-state index contributed by atoms with van der Waals surface area (Å²) in [5.41, 5.74) is 1.66. The summed E-state index contributed by atoms with van der Waals surface area (Å²) in [6, 6.07) is 14.8. The summed E-state index contributed by atoms with van der Waals surface area (Å²) in [6.45, 7) is 4.34. The van der Waals surface area contributed by atoms with Crippen LogP contribution in [0.3, 0.4) is 0 Å². The van der Waals surface area contributed by atoms with Gasteiger partial charge in [0.2, 0.25) is 10.0 Å². The molecule has 1 heterocycles. The molecule has 1 saturated heterocycles. The smallest absolute Gasteiger partial charge is 0.243 e. The van der Waals surface area contributed by atoms with Crippen LogP contribution in [-0.2, 0) is 14.8 Å². The molecule has 1 aliphatic heterocycles. The molecule has 6 heteroatoms. The molecule has 0 amide bonds. The standard InChI is InChI=1S/C19H23NO4S/c1-14-11-17(23-3)9-10-19(14)25(21,22)20-12-15(2)24-18(13-20)16-7-5-4-6-8-16/h4-11,15,18H,12-13H2,1-3H3. The van der Waals surface area contributed by atoms with Gasteiger partial charge in [-0.15, -0.1) is 0 Å². The maximum atomic E-state index is 13.2. The van der Waals surface area contributed by atoms with E-state index in [1.165, 1.54) is 4.31 Å². The van der Waals surface area contributed by atoms with Gasteiger partial charge in [0.05, 0.1) is 24.2 Å². The fraction of sp³-hybridized carbons (Fsp3) is 0.368. The first-order valence-corrected chi connectivity index (χ1v) is 9.71. The van der Waals surface area contributed by atoms with Crippen LogP contribution in [-0.4, -0.2) is 39.0 Å². The molecule has 3 rings (SSSR count). The number of hydrogen-bond acceptors (Lipinski definition) is 4. The van der Waals surface area contributed by atoms with E-state index >= 15 is 0 Å². The first-order valence-electron chi connectivity index (χ1n) is 8.27. The van der Waals surface area contributed by atoms with Crippen LogP contribution in [0.25, 0.3) is 0 Å². The number of ether oxygens (including phenoxy) is 2. The zero-order valence-electron chi connectivity index (χ0n) is 14.7. The zero-order chi connectivity index (χ0) is 18.0. The number of rotatable bonds is 4. The Kier molecular flexibility index (Phi) is 5.13. The minimum Gasteiger partial charge on any atom is -0.497 e. The molecule has 0 aromatic heterocycles. The Morgan fingerprint density at radius 2 is 1.84 bits per heavy atom. The minimum atomic E-state index is -3.59. The van der Waals surface area contributed by atoms with Crippen LogP contribution in [0, 0.1) is 6.92 Å². The van der Waals surface area contributed by atoms with Crippen LogP contribution in [0.4, 0.5) is 0 Å². The van der Waals surface area contributed by atoms with E-state index in [2.05, 4.69) is 0 Å². The Morgan fingerprint density at radius 3 is 2.48 bits per heavy atom. The van der Waals surface area contributed by atoms with Gasteiger partial charge in [0, 0.05) is 13.1 Å². The monoisotopic (exact) mass is 361 g/mol. The maximum Gasteiger partial charge on any atom is 0.243 e. The Balaban J connectivity index is 1.91. The van der Waals surface area contributed by atoms with Crippen molar-refractivity contribution in [2.45, 2.75) is 31.0 Å². The molecule has 1 fully saturated rings. The lowest BCUT2D eigenvalue weighted by Gasteiger charge is -2.36. The van der Waals surface area contributed by atoms with Crippen molar-refractivity contribution >= 4 is 10.0 Å². The molecule has 2 atom stereocenters. The van der Waals surface area contributed by atoms with E-state index in [4.69, 9.17) is 9.47 Å². The average Bonchev–Trinajstić information content (AvgIpc) is 2.61. The second-order valence-corrected chi connectivity index (χ2v) is 8.21. The number of methoxy groups -OCH3 is 1. The number of morpholine rings is 1. The number of benzene rings is 2. The summed E-state index contributed by atoms with van der Waals surface area (Å²) in [4.78, 5) is 0.314. The van der Waals surface area contributed by atoms with Crippen LogP contribution in [0.15, 0.2) is 53.4 Å². The van der Waals surface area contributed by atoms with Crippen LogP contribution in [0.5, 0.6) is 5.75 Å². The molecule has 1 aliphatic rings. The molecular weight excluding hydrogens is 338 g/mol. The van der Waals surface area contributed by atoms with E-state index in [-0.39, 0.29) is 12.2 Å². The largest absolute Gasteiger partial charge is 0.497 e. The summed E-state index contributed by atoms with van der Waals surface area (Å²) >= 11 is 0. The van der Waals surface area contributed by atoms with Crippen molar-refractivity contribution in [1.29, 1.82) is 0 Å². The second kappa shape index (κ2) is 7.15. The molecule has 134 valence electrons. The van der Waals surface area contributed by atoms with Crippen molar-refractivity contribution in [3.05, 3.63) is 59.7 Å². The minimum absolute atomic E-state index is 0.174.